The zero-order valence-corrected chi connectivity index (χ0v) is 16.1. The van der Waals surface area contributed by atoms with E-state index in [1.165, 1.54) is 12.1 Å². The summed E-state index contributed by atoms with van der Waals surface area (Å²) in [7, 11) is 0. The van der Waals surface area contributed by atoms with Crippen molar-refractivity contribution in [3.05, 3.63) is 46.4 Å². The van der Waals surface area contributed by atoms with Crippen LogP contribution in [0.3, 0.4) is 0 Å². The molecule has 4 N–H and O–H groups in total. The summed E-state index contributed by atoms with van der Waals surface area (Å²) in [6.45, 7) is 6.59. The Kier molecular flexibility index (Phi) is 7.10. The molecular formula is C20H27FN4O2. The minimum absolute atomic E-state index is 0.0800. The Hall–Kier alpha value is -2.70. The topological polar surface area (TPSA) is 101 Å². The number of aryl methyl sites for hydroxylation is 1. The molecule has 0 aliphatic carbocycles. The van der Waals surface area contributed by atoms with Crippen molar-refractivity contribution in [3.63, 3.8) is 0 Å². The van der Waals surface area contributed by atoms with E-state index >= 15 is 0 Å². The molecule has 0 aliphatic rings. The Balaban J connectivity index is 2.54. The second-order valence-corrected chi connectivity index (χ2v) is 6.56. The number of aromatic carboxylic acids is 1. The van der Waals surface area contributed by atoms with E-state index in [2.05, 4.69) is 22.2 Å². The van der Waals surface area contributed by atoms with Crippen LogP contribution in [0.2, 0.25) is 0 Å². The van der Waals surface area contributed by atoms with E-state index < -0.39 is 11.8 Å². The van der Waals surface area contributed by atoms with Gasteiger partial charge in [0.15, 0.2) is 0 Å². The molecule has 0 fully saturated rings. The summed E-state index contributed by atoms with van der Waals surface area (Å²) in [6, 6.07) is 3.75. The first-order chi connectivity index (χ1) is 12.9. The van der Waals surface area contributed by atoms with Gasteiger partial charge in [0.1, 0.15) is 11.6 Å². The zero-order valence-electron chi connectivity index (χ0n) is 16.1. The highest BCUT2D eigenvalue weighted by atomic mass is 19.1. The molecule has 2 aromatic rings. The van der Waals surface area contributed by atoms with Gasteiger partial charge in [-0.1, -0.05) is 26.7 Å². The molecule has 1 unspecified atom stereocenters. The average molecular weight is 374 g/mol. The molecule has 0 saturated heterocycles. The van der Waals surface area contributed by atoms with Gasteiger partial charge in [-0.15, -0.1) is 0 Å². The molecule has 146 valence electrons. The van der Waals surface area contributed by atoms with Gasteiger partial charge in [-0.05, 0) is 43.5 Å². The van der Waals surface area contributed by atoms with E-state index in [0.717, 1.165) is 37.4 Å². The number of nitrogens with zero attached hydrogens (tertiary/aromatic N) is 2. The van der Waals surface area contributed by atoms with Crippen LogP contribution in [-0.4, -0.2) is 27.6 Å². The van der Waals surface area contributed by atoms with Crippen LogP contribution in [0.25, 0.3) is 0 Å². The highest BCUT2D eigenvalue weighted by Crippen LogP contribution is 2.36. The van der Waals surface area contributed by atoms with Gasteiger partial charge in [-0.2, -0.15) is 4.98 Å². The van der Waals surface area contributed by atoms with Crippen molar-refractivity contribution >= 4 is 17.7 Å². The monoisotopic (exact) mass is 374 g/mol. The van der Waals surface area contributed by atoms with E-state index in [4.69, 9.17) is 5.73 Å². The second kappa shape index (κ2) is 9.30. The van der Waals surface area contributed by atoms with Gasteiger partial charge >= 0.3 is 5.97 Å². The van der Waals surface area contributed by atoms with Gasteiger partial charge in [0.05, 0.1) is 5.56 Å². The summed E-state index contributed by atoms with van der Waals surface area (Å²) in [4.78, 5) is 20.3. The third kappa shape index (κ3) is 4.93. The predicted molar refractivity (Wildman–Crippen MR) is 105 cm³/mol. The third-order valence-electron chi connectivity index (χ3n) is 4.60. The van der Waals surface area contributed by atoms with Gasteiger partial charge in [-0.3, -0.25) is 0 Å². The van der Waals surface area contributed by atoms with Crippen molar-refractivity contribution in [3.8, 4) is 0 Å². The summed E-state index contributed by atoms with van der Waals surface area (Å²) in [6.07, 6.45) is 3.74. The Morgan fingerprint density at radius 1 is 1.30 bits per heavy atom. The second-order valence-electron chi connectivity index (χ2n) is 6.56. The zero-order chi connectivity index (χ0) is 20.0. The lowest BCUT2D eigenvalue weighted by molar-refractivity contribution is 0.0695. The van der Waals surface area contributed by atoms with E-state index in [0.29, 0.717) is 23.5 Å². The largest absolute Gasteiger partial charge is 0.478 e. The van der Waals surface area contributed by atoms with Crippen molar-refractivity contribution in [2.45, 2.75) is 52.4 Å². The first-order valence-corrected chi connectivity index (χ1v) is 9.29. The first-order valence-electron chi connectivity index (χ1n) is 9.29. The minimum atomic E-state index is -1.09. The molecule has 0 bridgehead atoms. The molecule has 0 spiro atoms. The Bertz CT molecular complexity index is 811. The molecule has 0 amide bonds. The van der Waals surface area contributed by atoms with Gasteiger partial charge in [0.25, 0.3) is 0 Å². The maximum atomic E-state index is 13.9. The molecular weight excluding hydrogens is 347 g/mol. The van der Waals surface area contributed by atoms with Crippen LogP contribution < -0.4 is 11.1 Å². The molecule has 1 aromatic carbocycles. The van der Waals surface area contributed by atoms with E-state index in [-0.39, 0.29) is 17.4 Å². The lowest BCUT2D eigenvalue weighted by Crippen LogP contribution is -2.16. The Labute approximate surface area is 159 Å². The number of carboxylic acids is 1. The number of halogens is 1. The summed E-state index contributed by atoms with van der Waals surface area (Å²) in [5, 5.41) is 12.8. The Morgan fingerprint density at radius 3 is 2.67 bits per heavy atom. The van der Waals surface area contributed by atoms with Crippen LogP contribution in [0.1, 0.15) is 72.6 Å². The average Bonchev–Trinajstić information content (AvgIpc) is 2.61. The number of rotatable bonds is 9. The van der Waals surface area contributed by atoms with Crippen LogP contribution in [0, 0.1) is 12.7 Å². The number of anilines is 2. The maximum Gasteiger partial charge on any atom is 0.335 e. The van der Waals surface area contributed by atoms with E-state index in [1.807, 2.05) is 13.8 Å². The number of aromatic nitrogens is 2. The van der Waals surface area contributed by atoms with E-state index in [1.54, 1.807) is 0 Å². The van der Waals surface area contributed by atoms with Crippen molar-refractivity contribution in [2.24, 2.45) is 0 Å². The molecule has 0 radical (unpaired) electrons. The molecule has 1 atom stereocenters. The summed E-state index contributed by atoms with van der Waals surface area (Å²) in [5.74, 6) is -1.18. The molecule has 0 aliphatic heterocycles. The highest BCUT2D eigenvalue weighted by molar-refractivity contribution is 5.90. The fraction of sp³-hybridized carbons (Fsp3) is 0.450. The number of nitrogens with two attached hydrogens (primary N) is 1. The number of hydrogen-bond donors (Lipinski definition) is 3. The standard InChI is InChI=1S/C20H27FN4O2/c1-4-6-7-10-23-18-17(12(3)24-20(22)25-18)14(5-2)16-11-13(21)8-9-15(16)19(26)27/h8-9,11,14H,4-7,10H2,1-3H3,(H,26,27)(H3,22,23,24,25). The van der Waals surface area contributed by atoms with Gasteiger partial charge < -0.3 is 16.2 Å². The quantitative estimate of drug-likeness (QED) is 0.564. The Morgan fingerprint density at radius 2 is 2.04 bits per heavy atom. The number of carboxylic acid groups (broad SMARTS) is 1. The predicted octanol–water partition coefficient (Wildman–Crippen LogP) is 4.35. The van der Waals surface area contributed by atoms with Crippen molar-refractivity contribution < 1.29 is 14.3 Å². The summed E-state index contributed by atoms with van der Waals surface area (Å²) < 4.78 is 13.9. The number of nitrogens with one attached hydrogen (secondary N) is 1. The lowest BCUT2D eigenvalue weighted by Gasteiger charge is -2.23. The minimum Gasteiger partial charge on any atom is -0.478 e. The molecule has 0 saturated carbocycles. The normalized spacial score (nSPS) is 12.0. The van der Waals surface area contributed by atoms with Crippen LogP contribution in [0.15, 0.2) is 18.2 Å². The molecule has 1 heterocycles. The summed E-state index contributed by atoms with van der Waals surface area (Å²) >= 11 is 0. The van der Waals surface area contributed by atoms with Gasteiger partial charge in [0, 0.05) is 23.7 Å². The number of nitrogen functional groups attached to an aromatic ring is 1. The van der Waals surface area contributed by atoms with Crippen molar-refractivity contribution in [2.75, 3.05) is 17.6 Å². The van der Waals surface area contributed by atoms with Crippen LogP contribution in [0.5, 0.6) is 0 Å². The lowest BCUT2D eigenvalue weighted by atomic mass is 9.85. The summed E-state index contributed by atoms with van der Waals surface area (Å²) in [5.41, 5.74) is 7.74. The number of unbranched alkanes of at least 4 members (excludes halogenated alkanes) is 2. The van der Waals surface area contributed by atoms with Gasteiger partial charge in [0.2, 0.25) is 5.95 Å². The number of carbonyl (C=O) groups is 1. The highest BCUT2D eigenvalue weighted by Gasteiger charge is 2.25. The van der Waals surface area contributed by atoms with Crippen molar-refractivity contribution in [1.82, 2.24) is 9.97 Å². The molecule has 7 heteroatoms. The first kappa shape index (κ1) is 20.6. The molecule has 27 heavy (non-hydrogen) atoms. The van der Waals surface area contributed by atoms with E-state index in [9.17, 15) is 14.3 Å². The van der Waals surface area contributed by atoms with Crippen LogP contribution >= 0.6 is 0 Å². The third-order valence-corrected chi connectivity index (χ3v) is 4.60. The van der Waals surface area contributed by atoms with Crippen LogP contribution in [0.4, 0.5) is 16.2 Å². The molecule has 6 nitrogen and oxygen atoms in total. The van der Waals surface area contributed by atoms with Crippen LogP contribution in [-0.2, 0) is 0 Å². The SMILES string of the molecule is CCCCCNc1nc(N)nc(C)c1C(CC)c1cc(F)ccc1C(=O)O. The molecule has 2 rings (SSSR count). The van der Waals surface area contributed by atoms with Crippen molar-refractivity contribution in [1.29, 1.82) is 0 Å². The number of hydrogen-bond acceptors (Lipinski definition) is 5. The fourth-order valence-corrected chi connectivity index (χ4v) is 3.33. The number of benzene rings is 1. The molecule has 1 aromatic heterocycles. The van der Waals surface area contributed by atoms with Gasteiger partial charge in [-0.25, -0.2) is 14.2 Å². The smallest absolute Gasteiger partial charge is 0.335 e. The maximum absolute atomic E-state index is 13.9. The fourth-order valence-electron chi connectivity index (χ4n) is 3.33.